The molecule has 8 heteroatoms. The normalized spacial score (nSPS) is 34.8. The van der Waals surface area contributed by atoms with Crippen molar-refractivity contribution in [3.8, 4) is 0 Å². The van der Waals surface area contributed by atoms with Crippen LogP contribution < -0.4 is 5.32 Å². The van der Waals surface area contributed by atoms with Crippen LogP contribution in [0.15, 0.2) is 30.5 Å². The second-order valence-electron chi connectivity index (χ2n) is 11.6. The molecule has 0 amide bonds. The lowest BCUT2D eigenvalue weighted by atomic mass is 9.53. The van der Waals surface area contributed by atoms with Gasteiger partial charge in [0.25, 0.3) is 0 Å². The first-order valence-electron chi connectivity index (χ1n) is 13.8. The maximum Gasteiger partial charge on any atom is 0.210 e. The lowest BCUT2D eigenvalue weighted by Gasteiger charge is -2.57. The van der Waals surface area contributed by atoms with E-state index >= 15 is 0 Å². The highest BCUT2D eigenvalue weighted by atomic mass is 35.5. The van der Waals surface area contributed by atoms with E-state index in [9.17, 15) is 0 Å². The molecule has 3 heterocycles. The first-order chi connectivity index (χ1) is 17.6. The predicted octanol–water partition coefficient (Wildman–Crippen LogP) is 5.24. The summed E-state index contributed by atoms with van der Waals surface area (Å²) in [6.07, 6.45) is 10.0. The second-order valence-corrected chi connectivity index (χ2v) is 12.0. The van der Waals surface area contributed by atoms with Crippen molar-refractivity contribution in [3.05, 3.63) is 35.5 Å². The van der Waals surface area contributed by atoms with Crippen LogP contribution in [-0.4, -0.2) is 60.9 Å². The van der Waals surface area contributed by atoms with Crippen molar-refractivity contribution < 1.29 is 19.2 Å². The van der Waals surface area contributed by atoms with E-state index in [1.807, 2.05) is 24.3 Å². The zero-order valence-corrected chi connectivity index (χ0v) is 21.5. The monoisotopic (exact) mass is 513 g/mol. The largest absolute Gasteiger partial charge is 0.382 e. The number of piperidine rings is 1. The molecule has 8 rings (SSSR count). The molecule has 36 heavy (non-hydrogen) atoms. The highest BCUT2D eigenvalue weighted by Crippen LogP contribution is 2.63. The number of ether oxygens (including phenoxy) is 2. The Morgan fingerprint density at radius 3 is 2.56 bits per heavy atom. The number of nitrogens with one attached hydrogen (secondary N) is 1. The molecule has 0 radical (unpaired) electrons. The van der Waals surface area contributed by atoms with Crippen molar-refractivity contribution in [2.24, 2.45) is 23.7 Å². The number of halogens is 1. The first kappa shape index (κ1) is 23.6. The average molecular weight is 514 g/mol. The summed E-state index contributed by atoms with van der Waals surface area (Å²) in [5.41, 5.74) is 1.95. The Bertz CT molecular complexity index is 1080. The number of pyridine rings is 1. The minimum absolute atomic E-state index is 0.460. The Balaban J connectivity index is 0.844. The Labute approximate surface area is 217 Å². The lowest BCUT2D eigenvalue weighted by molar-refractivity contribution is -0.390. The Kier molecular flexibility index (Phi) is 6.15. The van der Waals surface area contributed by atoms with Crippen molar-refractivity contribution in [1.82, 2.24) is 9.88 Å². The maximum absolute atomic E-state index is 6.82. The standard InChI is InChI=1S/C28H36ClN3O4/c29-23-1-2-24-25(3-6-30-26(24)18-23)31-7-11-33-12-10-32-8-4-27(5-9-32)34-28(36-35-27)21-14-19-13-20(16-21)17-22(28)15-19/h1-3,6,18-22H,4-5,7-17H2,(H,30,31). The van der Waals surface area contributed by atoms with Gasteiger partial charge in [-0.3, -0.25) is 4.98 Å². The van der Waals surface area contributed by atoms with Crippen LogP contribution >= 0.6 is 11.6 Å². The second kappa shape index (κ2) is 9.37. The highest BCUT2D eigenvalue weighted by molar-refractivity contribution is 6.31. The number of fused-ring (bicyclic) bond motifs is 1. The molecule has 6 aliphatic rings. The van der Waals surface area contributed by atoms with Gasteiger partial charge in [-0.2, -0.15) is 9.78 Å². The molecule has 194 valence electrons. The molecule has 1 aromatic carbocycles. The Hall–Kier alpha value is -1.48. The van der Waals surface area contributed by atoms with Crippen molar-refractivity contribution in [2.45, 2.75) is 56.5 Å². The van der Waals surface area contributed by atoms with E-state index in [2.05, 4.69) is 15.2 Å². The third kappa shape index (κ3) is 4.22. The van der Waals surface area contributed by atoms with Crippen LogP contribution in [0.5, 0.6) is 0 Å². The van der Waals surface area contributed by atoms with Gasteiger partial charge < -0.3 is 19.7 Å². The summed E-state index contributed by atoms with van der Waals surface area (Å²) < 4.78 is 12.7. The van der Waals surface area contributed by atoms with Crippen LogP contribution in [-0.2, 0) is 19.2 Å². The zero-order valence-electron chi connectivity index (χ0n) is 20.8. The van der Waals surface area contributed by atoms with Crippen LogP contribution in [0.25, 0.3) is 10.9 Å². The molecule has 6 fully saturated rings. The number of nitrogens with zero attached hydrogens (tertiary/aromatic N) is 2. The van der Waals surface area contributed by atoms with Crippen LogP contribution in [0.2, 0.25) is 5.02 Å². The number of benzene rings is 1. The fourth-order valence-corrected chi connectivity index (χ4v) is 7.91. The molecule has 2 aliphatic heterocycles. The molecule has 4 saturated carbocycles. The van der Waals surface area contributed by atoms with Crippen molar-refractivity contribution >= 4 is 28.2 Å². The van der Waals surface area contributed by atoms with Gasteiger partial charge in [-0.25, -0.2) is 0 Å². The van der Waals surface area contributed by atoms with E-state index in [0.29, 0.717) is 23.5 Å². The van der Waals surface area contributed by atoms with Gasteiger partial charge in [0.2, 0.25) is 11.6 Å². The van der Waals surface area contributed by atoms with E-state index in [-0.39, 0.29) is 0 Å². The molecule has 4 bridgehead atoms. The van der Waals surface area contributed by atoms with E-state index in [1.54, 1.807) is 6.20 Å². The molecule has 2 saturated heterocycles. The summed E-state index contributed by atoms with van der Waals surface area (Å²) in [7, 11) is 0. The number of hydrogen-bond donors (Lipinski definition) is 1. The van der Waals surface area contributed by atoms with E-state index in [0.717, 1.165) is 74.1 Å². The van der Waals surface area contributed by atoms with Crippen LogP contribution in [0.3, 0.4) is 0 Å². The number of aromatic nitrogens is 1. The fourth-order valence-electron chi connectivity index (χ4n) is 7.74. The summed E-state index contributed by atoms with van der Waals surface area (Å²) in [6, 6.07) is 7.78. The molecule has 1 N–H and O–H groups in total. The number of anilines is 1. The molecule has 2 aromatic rings. The molecular formula is C28H36ClN3O4. The summed E-state index contributed by atoms with van der Waals surface area (Å²) in [6.45, 7) is 4.95. The molecule has 0 atom stereocenters. The number of rotatable bonds is 7. The van der Waals surface area contributed by atoms with E-state index < -0.39 is 11.6 Å². The van der Waals surface area contributed by atoms with Crippen molar-refractivity contribution in [2.75, 3.05) is 44.7 Å². The van der Waals surface area contributed by atoms with Crippen molar-refractivity contribution in [1.29, 1.82) is 0 Å². The van der Waals surface area contributed by atoms with Gasteiger partial charge in [0.15, 0.2) is 0 Å². The summed E-state index contributed by atoms with van der Waals surface area (Å²) in [4.78, 5) is 19.1. The number of hydrogen-bond acceptors (Lipinski definition) is 7. The maximum atomic E-state index is 6.82. The molecular weight excluding hydrogens is 478 g/mol. The van der Waals surface area contributed by atoms with Crippen LogP contribution in [0.1, 0.15) is 44.9 Å². The SMILES string of the molecule is Clc1ccc2c(NCCOCCN3CCC4(CC3)OOC3(O4)C4CC5CC(C4)CC3C5)ccnc2c1. The third-order valence-electron chi connectivity index (χ3n) is 9.38. The van der Waals surface area contributed by atoms with Crippen LogP contribution in [0, 0.1) is 23.7 Å². The Morgan fingerprint density at radius 1 is 1.00 bits per heavy atom. The third-order valence-corrected chi connectivity index (χ3v) is 9.62. The summed E-state index contributed by atoms with van der Waals surface area (Å²) in [5, 5.41) is 5.23. The minimum Gasteiger partial charge on any atom is -0.382 e. The van der Waals surface area contributed by atoms with Gasteiger partial charge in [0, 0.05) is 73.1 Å². The van der Waals surface area contributed by atoms with E-state index in [4.69, 9.17) is 30.8 Å². The Morgan fingerprint density at radius 2 is 1.78 bits per heavy atom. The smallest absolute Gasteiger partial charge is 0.210 e. The zero-order chi connectivity index (χ0) is 24.2. The van der Waals surface area contributed by atoms with Gasteiger partial charge in [0.1, 0.15) is 0 Å². The van der Waals surface area contributed by atoms with Crippen molar-refractivity contribution in [3.63, 3.8) is 0 Å². The van der Waals surface area contributed by atoms with E-state index in [1.165, 1.54) is 32.1 Å². The van der Waals surface area contributed by atoms with Gasteiger partial charge >= 0.3 is 0 Å². The quantitative estimate of drug-likeness (QED) is 0.401. The minimum atomic E-state index is -0.547. The van der Waals surface area contributed by atoms with Crippen LogP contribution in [0.4, 0.5) is 5.69 Å². The lowest BCUT2D eigenvalue weighted by Crippen LogP contribution is -2.59. The average Bonchev–Trinajstić information content (AvgIpc) is 3.25. The molecule has 1 aromatic heterocycles. The fraction of sp³-hybridized carbons (Fsp3) is 0.679. The van der Waals surface area contributed by atoms with Gasteiger partial charge in [-0.1, -0.05) is 11.6 Å². The summed E-state index contributed by atoms with van der Waals surface area (Å²) in [5.74, 6) is 1.82. The first-order valence-corrected chi connectivity index (χ1v) is 14.1. The topological polar surface area (TPSA) is 65.1 Å². The molecule has 2 spiro atoms. The highest BCUT2D eigenvalue weighted by Gasteiger charge is 2.66. The molecule has 7 nitrogen and oxygen atoms in total. The van der Waals surface area contributed by atoms with Gasteiger partial charge in [0.05, 0.1) is 18.7 Å². The predicted molar refractivity (Wildman–Crippen MR) is 137 cm³/mol. The summed E-state index contributed by atoms with van der Waals surface area (Å²) >= 11 is 6.09. The van der Waals surface area contributed by atoms with Gasteiger partial charge in [-0.05, 0) is 68.2 Å². The molecule has 0 unspecified atom stereocenters. The number of likely N-dealkylation sites (tertiary alicyclic amines) is 1. The van der Waals surface area contributed by atoms with Gasteiger partial charge in [-0.15, -0.1) is 0 Å². The molecule has 4 aliphatic carbocycles.